The van der Waals surface area contributed by atoms with Crippen molar-refractivity contribution < 1.29 is 19.4 Å². The van der Waals surface area contributed by atoms with Gasteiger partial charge in [-0.25, -0.2) is 0 Å². The summed E-state index contributed by atoms with van der Waals surface area (Å²) in [6.07, 6.45) is 2.16. The molecule has 0 aliphatic heterocycles. The van der Waals surface area contributed by atoms with Crippen molar-refractivity contribution in [1.29, 1.82) is 0 Å². The van der Waals surface area contributed by atoms with Gasteiger partial charge in [0.15, 0.2) is 0 Å². The fourth-order valence-electron chi connectivity index (χ4n) is 2.43. The van der Waals surface area contributed by atoms with E-state index in [4.69, 9.17) is 9.84 Å². The van der Waals surface area contributed by atoms with Crippen LogP contribution in [0.3, 0.4) is 0 Å². The topological polar surface area (TPSA) is 75.6 Å². The summed E-state index contributed by atoms with van der Waals surface area (Å²) in [5, 5.41) is 11.8. The van der Waals surface area contributed by atoms with Gasteiger partial charge in [0.1, 0.15) is 5.75 Å². The van der Waals surface area contributed by atoms with E-state index in [9.17, 15) is 9.59 Å². The first-order valence-corrected chi connectivity index (χ1v) is 7.74. The number of benzene rings is 1. The lowest BCUT2D eigenvalue weighted by molar-refractivity contribution is -0.141. The molecule has 0 saturated heterocycles. The molecule has 0 aromatic heterocycles. The summed E-state index contributed by atoms with van der Waals surface area (Å²) >= 11 is 3.34. The van der Waals surface area contributed by atoms with Gasteiger partial charge in [-0.3, -0.25) is 9.59 Å². The molecule has 0 spiro atoms. The van der Waals surface area contributed by atoms with Crippen molar-refractivity contribution in [3.8, 4) is 5.75 Å². The molecule has 5 nitrogen and oxygen atoms in total. The molecular formula is C15H18BrNO4. The number of amides is 1. The van der Waals surface area contributed by atoms with E-state index < -0.39 is 5.97 Å². The largest absolute Gasteiger partial charge is 0.493 e. The predicted molar refractivity (Wildman–Crippen MR) is 81.2 cm³/mol. The Kier molecular flexibility index (Phi) is 5.61. The van der Waals surface area contributed by atoms with E-state index in [1.807, 2.05) is 24.3 Å². The zero-order valence-corrected chi connectivity index (χ0v) is 13.1. The highest BCUT2D eigenvalue weighted by Gasteiger charge is 2.30. The van der Waals surface area contributed by atoms with Crippen LogP contribution in [0.15, 0.2) is 28.7 Å². The van der Waals surface area contributed by atoms with Gasteiger partial charge in [-0.1, -0.05) is 15.9 Å². The van der Waals surface area contributed by atoms with E-state index in [-0.39, 0.29) is 24.3 Å². The molecule has 1 aromatic carbocycles. The number of hydrogen-bond acceptors (Lipinski definition) is 3. The Balaban J connectivity index is 1.66. The highest BCUT2D eigenvalue weighted by atomic mass is 79.9. The van der Waals surface area contributed by atoms with E-state index in [1.165, 1.54) is 0 Å². The Morgan fingerprint density at radius 1 is 1.29 bits per heavy atom. The Morgan fingerprint density at radius 3 is 2.62 bits per heavy atom. The third kappa shape index (κ3) is 5.04. The molecule has 114 valence electrons. The molecule has 0 radical (unpaired) electrons. The summed E-state index contributed by atoms with van der Waals surface area (Å²) in [6, 6.07) is 7.39. The zero-order valence-electron chi connectivity index (χ0n) is 11.5. The van der Waals surface area contributed by atoms with Crippen LogP contribution in [0.4, 0.5) is 0 Å². The Hall–Kier alpha value is -1.56. The summed E-state index contributed by atoms with van der Waals surface area (Å²) in [6.45, 7) is 0.308. The van der Waals surface area contributed by atoms with Gasteiger partial charge in [0.2, 0.25) is 5.91 Å². The first-order chi connectivity index (χ1) is 10.0. The smallest absolute Gasteiger partial charge is 0.306 e. The molecule has 21 heavy (non-hydrogen) atoms. The van der Waals surface area contributed by atoms with Gasteiger partial charge in [-0.15, -0.1) is 0 Å². The van der Waals surface area contributed by atoms with E-state index in [2.05, 4.69) is 21.2 Å². The molecule has 1 aliphatic rings. The fourth-order valence-corrected chi connectivity index (χ4v) is 2.69. The lowest BCUT2D eigenvalue weighted by Crippen LogP contribution is -2.34. The van der Waals surface area contributed by atoms with Gasteiger partial charge in [0.25, 0.3) is 0 Å². The van der Waals surface area contributed by atoms with E-state index >= 15 is 0 Å². The molecule has 2 N–H and O–H groups in total. The van der Waals surface area contributed by atoms with Crippen LogP contribution in [0.25, 0.3) is 0 Å². The summed E-state index contributed by atoms with van der Waals surface area (Å²) in [5.74, 6) is -0.472. The number of rotatable bonds is 6. The number of carboxylic acids is 1. The number of ether oxygens (including phenoxy) is 1. The quantitative estimate of drug-likeness (QED) is 0.822. The van der Waals surface area contributed by atoms with Crippen molar-refractivity contribution in [3.63, 3.8) is 0 Å². The summed E-state index contributed by atoms with van der Waals surface area (Å²) in [5.41, 5.74) is 0. The molecule has 1 saturated carbocycles. The van der Waals surface area contributed by atoms with Crippen LogP contribution in [0.5, 0.6) is 5.75 Å². The number of halogens is 1. The molecule has 1 fully saturated rings. The van der Waals surface area contributed by atoms with Crippen molar-refractivity contribution in [2.24, 2.45) is 5.92 Å². The number of carbonyl (C=O) groups is 2. The number of carboxylic acid groups (broad SMARTS) is 1. The molecule has 1 aromatic rings. The first kappa shape index (κ1) is 15.8. The molecule has 2 atom stereocenters. The molecular weight excluding hydrogens is 338 g/mol. The number of aliphatic carboxylic acids is 1. The van der Waals surface area contributed by atoms with Crippen LogP contribution in [0.2, 0.25) is 0 Å². The second kappa shape index (κ2) is 7.45. The van der Waals surface area contributed by atoms with Gasteiger partial charge in [-0.05, 0) is 43.5 Å². The van der Waals surface area contributed by atoms with Crippen LogP contribution in [-0.2, 0) is 9.59 Å². The normalized spacial score (nSPS) is 21.0. The van der Waals surface area contributed by atoms with Gasteiger partial charge in [0.05, 0.1) is 18.9 Å². The number of nitrogens with one attached hydrogen (secondary N) is 1. The minimum Gasteiger partial charge on any atom is -0.493 e. The maximum absolute atomic E-state index is 11.8. The Morgan fingerprint density at radius 2 is 2.00 bits per heavy atom. The van der Waals surface area contributed by atoms with Gasteiger partial charge in [0, 0.05) is 10.5 Å². The Bertz CT molecular complexity index is 503. The molecule has 1 amide bonds. The third-order valence-corrected chi connectivity index (χ3v) is 4.09. The van der Waals surface area contributed by atoms with Crippen molar-refractivity contribution in [1.82, 2.24) is 5.32 Å². The molecule has 6 heteroatoms. The minimum absolute atomic E-state index is 0.0220. The number of carbonyl (C=O) groups excluding carboxylic acids is 1. The SMILES string of the molecule is O=C(CCOc1ccc(Br)cc1)NC1CCC(C(=O)O)C1. The highest BCUT2D eigenvalue weighted by molar-refractivity contribution is 9.10. The van der Waals surface area contributed by atoms with Crippen molar-refractivity contribution >= 4 is 27.8 Å². The van der Waals surface area contributed by atoms with Crippen molar-refractivity contribution in [2.45, 2.75) is 31.7 Å². The van der Waals surface area contributed by atoms with Crippen LogP contribution in [-0.4, -0.2) is 29.6 Å². The average Bonchev–Trinajstić information content (AvgIpc) is 2.90. The van der Waals surface area contributed by atoms with Crippen molar-refractivity contribution in [2.75, 3.05) is 6.61 Å². The van der Waals surface area contributed by atoms with E-state index in [0.717, 1.165) is 16.6 Å². The summed E-state index contributed by atoms with van der Waals surface area (Å²) in [4.78, 5) is 22.6. The monoisotopic (exact) mass is 355 g/mol. The average molecular weight is 356 g/mol. The molecule has 2 rings (SSSR count). The van der Waals surface area contributed by atoms with Gasteiger partial charge in [-0.2, -0.15) is 0 Å². The van der Waals surface area contributed by atoms with Crippen LogP contribution >= 0.6 is 15.9 Å². The lowest BCUT2D eigenvalue weighted by Gasteiger charge is -2.12. The lowest BCUT2D eigenvalue weighted by atomic mass is 10.1. The predicted octanol–water partition coefficient (Wildman–Crippen LogP) is 2.59. The van der Waals surface area contributed by atoms with Crippen LogP contribution in [0, 0.1) is 5.92 Å². The molecule has 0 bridgehead atoms. The standard InChI is InChI=1S/C15H18BrNO4/c16-11-2-5-13(6-3-11)21-8-7-14(18)17-12-4-1-10(9-12)15(19)20/h2-3,5-6,10,12H,1,4,7-9H2,(H,17,18)(H,19,20). The molecule has 1 aliphatic carbocycles. The fraction of sp³-hybridized carbons (Fsp3) is 0.467. The van der Waals surface area contributed by atoms with Gasteiger partial charge < -0.3 is 15.2 Å². The van der Waals surface area contributed by atoms with E-state index in [0.29, 0.717) is 19.4 Å². The van der Waals surface area contributed by atoms with E-state index in [1.54, 1.807) is 0 Å². The second-order valence-electron chi connectivity index (χ2n) is 5.17. The second-order valence-corrected chi connectivity index (χ2v) is 6.08. The van der Waals surface area contributed by atoms with Crippen molar-refractivity contribution in [3.05, 3.63) is 28.7 Å². The molecule has 2 unspecified atom stereocenters. The minimum atomic E-state index is -0.773. The third-order valence-electron chi connectivity index (χ3n) is 3.56. The number of hydrogen-bond donors (Lipinski definition) is 2. The maximum atomic E-state index is 11.8. The molecule has 0 heterocycles. The Labute approximate surface area is 131 Å². The summed E-state index contributed by atoms with van der Waals surface area (Å²) < 4.78 is 6.45. The summed E-state index contributed by atoms with van der Waals surface area (Å²) in [7, 11) is 0. The van der Waals surface area contributed by atoms with Crippen LogP contribution < -0.4 is 10.1 Å². The highest BCUT2D eigenvalue weighted by Crippen LogP contribution is 2.25. The van der Waals surface area contributed by atoms with Crippen LogP contribution in [0.1, 0.15) is 25.7 Å². The van der Waals surface area contributed by atoms with Gasteiger partial charge >= 0.3 is 5.97 Å². The maximum Gasteiger partial charge on any atom is 0.306 e. The first-order valence-electron chi connectivity index (χ1n) is 6.95. The zero-order chi connectivity index (χ0) is 15.2.